The van der Waals surface area contributed by atoms with Gasteiger partial charge in [-0.1, -0.05) is 11.6 Å². The van der Waals surface area contributed by atoms with Crippen LogP contribution in [0.15, 0.2) is 18.2 Å². The summed E-state index contributed by atoms with van der Waals surface area (Å²) >= 11 is 6.99. The molecule has 1 heterocycles. The molecular weight excluding hydrogens is 248 g/mol. The van der Waals surface area contributed by atoms with Crippen molar-refractivity contribution < 1.29 is 9.47 Å². The molecule has 0 bridgehead atoms. The van der Waals surface area contributed by atoms with Gasteiger partial charge in [0.25, 0.3) is 0 Å². The molecule has 0 unspecified atom stereocenters. The largest absolute Gasteiger partial charge is 0.497 e. The lowest BCUT2D eigenvalue weighted by Gasteiger charge is -2.06. The summed E-state index contributed by atoms with van der Waals surface area (Å²) in [6, 6.07) is 5.47. The maximum atomic E-state index is 5.92. The minimum absolute atomic E-state index is 0.389. The van der Waals surface area contributed by atoms with E-state index in [0.717, 1.165) is 17.3 Å². The van der Waals surface area contributed by atoms with E-state index in [0.29, 0.717) is 22.3 Å². The van der Waals surface area contributed by atoms with Crippen molar-refractivity contribution >= 4 is 23.3 Å². The summed E-state index contributed by atoms with van der Waals surface area (Å²) in [5.74, 6) is 1.39. The molecule has 84 valence electrons. The minimum atomic E-state index is 0.389. The molecule has 4 nitrogen and oxygen atoms in total. The zero-order chi connectivity index (χ0) is 11.5. The van der Waals surface area contributed by atoms with Gasteiger partial charge in [0.15, 0.2) is 5.15 Å². The van der Waals surface area contributed by atoms with Gasteiger partial charge in [0.2, 0.25) is 0 Å². The van der Waals surface area contributed by atoms with Crippen molar-refractivity contribution in [3.8, 4) is 22.8 Å². The smallest absolute Gasteiger partial charge is 0.170 e. The normalized spacial score (nSPS) is 10.2. The van der Waals surface area contributed by atoms with E-state index in [-0.39, 0.29) is 0 Å². The SMILES string of the molecule is COc1cc(OC)cc(-c2nsnc2Cl)c1. The Balaban J connectivity index is 2.52. The molecule has 6 heteroatoms. The zero-order valence-corrected chi connectivity index (χ0v) is 10.3. The molecule has 0 aliphatic carbocycles. The fraction of sp³-hybridized carbons (Fsp3) is 0.200. The number of nitrogens with zero attached hydrogens (tertiary/aromatic N) is 2. The van der Waals surface area contributed by atoms with Gasteiger partial charge in [-0.25, -0.2) is 0 Å². The molecule has 16 heavy (non-hydrogen) atoms. The predicted molar refractivity (Wildman–Crippen MR) is 63.5 cm³/mol. The molecule has 0 fully saturated rings. The van der Waals surface area contributed by atoms with Crippen LogP contribution in [0.2, 0.25) is 5.15 Å². The lowest BCUT2D eigenvalue weighted by molar-refractivity contribution is 0.394. The number of benzene rings is 1. The molecule has 1 aromatic carbocycles. The fourth-order valence-electron chi connectivity index (χ4n) is 1.29. The third-order valence-corrected chi connectivity index (χ3v) is 2.97. The van der Waals surface area contributed by atoms with Gasteiger partial charge in [-0.05, 0) is 12.1 Å². The molecule has 0 N–H and O–H groups in total. The van der Waals surface area contributed by atoms with Crippen LogP contribution in [0.4, 0.5) is 0 Å². The van der Waals surface area contributed by atoms with Crippen LogP contribution in [0.3, 0.4) is 0 Å². The van der Waals surface area contributed by atoms with Crippen LogP contribution in [0, 0.1) is 0 Å². The number of hydrogen-bond donors (Lipinski definition) is 0. The van der Waals surface area contributed by atoms with Crippen molar-refractivity contribution in [2.24, 2.45) is 0 Å². The van der Waals surface area contributed by atoms with Gasteiger partial charge in [-0.15, -0.1) is 0 Å². The molecule has 0 radical (unpaired) electrons. The van der Waals surface area contributed by atoms with Crippen LogP contribution in [-0.2, 0) is 0 Å². The van der Waals surface area contributed by atoms with Gasteiger partial charge >= 0.3 is 0 Å². The number of methoxy groups -OCH3 is 2. The van der Waals surface area contributed by atoms with Crippen molar-refractivity contribution in [2.45, 2.75) is 0 Å². The number of aromatic nitrogens is 2. The summed E-state index contributed by atoms with van der Waals surface area (Å²) in [6.07, 6.45) is 0. The van der Waals surface area contributed by atoms with Crippen LogP contribution in [-0.4, -0.2) is 23.0 Å². The molecule has 0 aliphatic rings. The van der Waals surface area contributed by atoms with Crippen molar-refractivity contribution in [2.75, 3.05) is 14.2 Å². The van der Waals surface area contributed by atoms with Crippen molar-refractivity contribution in [3.05, 3.63) is 23.4 Å². The van der Waals surface area contributed by atoms with Crippen LogP contribution in [0.1, 0.15) is 0 Å². The molecule has 0 amide bonds. The molecule has 2 rings (SSSR count). The Morgan fingerprint density at radius 2 is 1.69 bits per heavy atom. The Bertz CT molecular complexity index is 479. The van der Waals surface area contributed by atoms with Gasteiger partial charge in [0.05, 0.1) is 25.9 Å². The first kappa shape index (κ1) is 11.2. The summed E-state index contributed by atoms with van der Waals surface area (Å²) in [5.41, 5.74) is 1.47. The monoisotopic (exact) mass is 256 g/mol. The lowest BCUT2D eigenvalue weighted by atomic mass is 10.1. The lowest BCUT2D eigenvalue weighted by Crippen LogP contribution is -1.89. The second-order valence-electron chi connectivity index (χ2n) is 3.00. The molecule has 1 aromatic heterocycles. The topological polar surface area (TPSA) is 44.2 Å². The van der Waals surface area contributed by atoms with Gasteiger partial charge < -0.3 is 9.47 Å². The Kier molecular flexibility index (Phi) is 3.26. The average Bonchev–Trinajstić information content (AvgIpc) is 2.74. The van der Waals surface area contributed by atoms with Crippen LogP contribution >= 0.6 is 23.3 Å². The summed E-state index contributed by atoms with van der Waals surface area (Å²) < 4.78 is 18.4. The van der Waals surface area contributed by atoms with Crippen molar-refractivity contribution in [1.29, 1.82) is 0 Å². The molecule has 0 aliphatic heterocycles. The molecule has 0 saturated carbocycles. The second kappa shape index (κ2) is 4.67. The highest BCUT2D eigenvalue weighted by atomic mass is 35.5. The molecule has 0 saturated heterocycles. The maximum absolute atomic E-state index is 5.92. The van der Waals surface area contributed by atoms with E-state index in [4.69, 9.17) is 21.1 Å². The number of rotatable bonds is 3. The van der Waals surface area contributed by atoms with Crippen LogP contribution in [0.25, 0.3) is 11.3 Å². The quantitative estimate of drug-likeness (QED) is 0.847. The van der Waals surface area contributed by atoms with Crippen LogP contribution < -0.4 is 9.47 Å². The molecule has 2 aromatic rings. The standard InChI is InChI=1S/C10H9ClN2O2S/c1-14-7-3-6(4-8(5-7)15-2)9-10(11)13-16-12-9/h3-5H,1-2H3. The van der Waals surface area contributed by atoms with E-state index < -0.39 is 0 Å². The first-order chi connectivity index (χ1) is 7.74. The van der Waals surface area contributed by atoms with Gasteiger partial charge in [0, 0.05) is 11.6 Å². The number of hydrogen-bond acceptors (Lipinski definition) is 5. The van der Waals surface area contributed by atoms with E-state index >= 15 is 0 Å². The minimum Gasteiger partial charge on any atom is -0.497 e. The Morgan fingerprint density at radius 1 is 1.06 bits per heavy atom. The Hall–Kier alpha value is -1.33. The Morgan fingerprint density at radius 3 is 2.12 bits per heavy atom. The van der Waals surface area contributed by atoms with E-state index in [1.165, 1.54) is 0 Å². The van der Waals surface area contributed by atoms with Crippen molar-refractivity contribution in [1.82, 2.24) is 8.75 Å². The van der Waals surface area contributed by atoms with E-state index in [1.807, 2.05) is 12.1 Å². The second-order valence-corrected chi connectivity index (χ2v) is 3.89. The van der Waals surface area contributed by atoms with E-state index in [2.05, 4.69) is 8.75 Å². The Labute approximate surface area is 102 Å². The summed E-state index contributed by atoms with van der Waals surface area (Å²) in [5, 5.41) is 0.389. The first-order valence-electron chi connectivity index (χ1n) is 4.46. The summed E-state index contributed by atoms with van der Waals surface area (Å²) in [7, 11) is 3.19. The third-order valence-electron chi connectivity index (χ3n) is 2.07. The molecule has 0 spiro atoms. The van der Waals surface area contributed by atoms with Gasteiger partial charge in [-0.2, -0.15) is 8.75 Å². The predicted octanol–water partition coefficient (Wildman–Crippen LogP) is 2.88. The van der Waals surface area contributed by atoms with E-state index in [9.17, 15) is 0 Å². The van der Waals surface area contributed by atoms with Gasteiger partial charge in [-0.3, -0.25) is 0 Å². The molecular formula is C10H9ClN2O2S. The highest BCUT2D eigenvalue weighted by Gasteiger charge is 2.11. The maximum Gasteiger partial charge on any atom is 0.170 e. The highest BCUT2D eigenvalue weighted by molar-refractivity contribution is 6.99. The summed E-state index contributed by atoms with van der Waals surface area (Å²) in [4.78, 5) is 0. The first-order valence-corrected chi connectivity index (χ1v) is 5.57. The highest BCUT2D eigenvalue weighted by Crippen LogP contribution is 2.32. The fourth-order valence-corrected chi connectivity index (χ4v) is 2.06. The number of ether oxygens (including phenoxy) is 2. The average molecular weight is 257 g/mol. The molecule has 0 atom stereocenters. The third kappa shape index (κ3) is 2.10. The summed E-state index contributed by atoms with van der Waals surface area (Å²) in [6.45, 7) is 0. The van der Waals surface area contributed by atoms with E-state index in [1.54, 1.807) is 20.3 Å². The van der Waals surface area contributed by atoms with Crippen molar-refractivity contribution in [3.63, 3.8) is 0 Å². The zero-order valence-electron chi connectivity index (χ0n) is 8.73. The van der Waals surface area contributed by atoms with Gasteiger partial charge in [0.1, 0.15) is 17.2 Å². The van der Waals surface area contributed by atoms with Crippen LogP contribution in [0.5, 0.6) is 11.5 Å². The number of halogens is 1.